The van der Waals surface area contributed by atoms with Crippen LogP contribution in [0.2, 0.25) is 0 Å². The van der Waals surface area contributed by atoms with Gasteiger partial charge in [-0.25, -0.2) is 4.79 Å². The lowest BCUT2D eigenvalue weighted by Crippen LogP contribution is -2.67. The fraction of sp³-hybridized carbons (Fsp3) is 0.692. The van der Waals surface area contributed by atoms with E-state index in [0.29, 0.717) is 12.3 Å². The number of rotatable bonds is 4. The largest absolute Gasteiger partial charge is 0.508 e. The predicted octanol–water partition coefficient (Wildman–Crippen LogP) is 8.17. The summed E-state index contributed by atoms with van der Waals surface area (Å²) in [5, 5.41) is 31.9. The second-order valence-electron chi connectivity index (χ2n) is 17.6. The Balaban J connectivity index is 1.29. The van der Waals surface area contributed by atoms with Crippen LogP contribution in [-0.4, -0.2) is 39.5 Å². The smallest absolute Gasteiger partial charge is 0.331 e. The number of phenolic OH excluding ortho intramolecular Hbond substituents is 1. The van der Waals surface area contributed by atoms with Crippen molar-refractivity contribution in [3.8, 4) is 5.75 Å². The molecule has 0 amide bonds. The number of aliphatic carboxylic acids is 1. The van der Waals surface area contributed by atoms with Crippen molar-refractivity contribution in [2.45, 2.75) is 118 Å². The molecule has 45 heavy (non-hydrogen) atoms. The Labute approximate surface area is 269 Å². The maximum absolute atomic E-state index is 13.0. The number of aliphatic hydroxyl groups excluding tert-OH is 1. The van der Waals surface area contributed by atoms with Crippen LogP contribution in [0.1, 0.15) is 112 Å². The van der Waals surface area contributed by atoms with Crippen LogP contribution in [0.25, 0.3) is 6.08 Å². The number of hydrogen-bond donors (Lipinski definition) is 3. The summed E-state index contributed by atoms with van der Waals surface area (Å²) in [7, 11) is 0. The van der Waals surface area contributed by atoms with Crippen molar-refractivity contribution >= 4 is 18.0 Å². The van der Waals surface area contributed by atoms with E-state index in [2.05, 4.69) is 54.5 Å². The van der Waals surface area contributed by atoms with Crippen LogP contribution in [0.15, 0.2) is 42.0 Å². The van der Waals surface area contributed by atoms with E-state index in [1.54, 1.807) is 30.3 Å². The number of carboxylic acid groups (broad SMARTS) is 1. The summed E-state index contributed by atoms with van der Waals surface area (Å²) >= 11 is 0. The van der Waals surface area contributed by atoms with Gasteiger partial charge in [0.15, 0.2) is 0 Å². The minimum absolute atomic E-state index is 0.0131. The van der Waals surface area contributed by atoms with Gasteiger partial charge in [-0.3, -0.25) is 4.79 Å². The monoisotopic (exact) mass is 618 g/mol. The SMILES string of the molecule is CC1(C)CC[C@@]2(C(=O)O)CC[C@@]3(C)C(=CC[C@H]4[C@]5(C)C[C@H](O)[C@@H](OC(=O)/C=C\c6ccc(O)cc6)C(C)(C)[C@H]5CC[C@@]43C)[C@H]2C1. The third-order valence-electron chi connectivity index (χ3n) is 14.5. The van der Waals surface area contributed by atoms with Crippen molar-refractivity contribution in [2.24, 2.45) is 50.2 Å². The van der Waals surface area contributed by atoms with Crippen LogP contribution in [0, 0.1) is 50.2 Å². The molecule has 0 unspecified atom stereocenters. The maximum Gasteiger partial charge on any atom is 0.331 e. The summed E-state index contributed by atoms with van der Waals surface area (Å²) < 4.78 is 6.04. The average molecular weight is 619 g/mol. The van der Waals surface area contributed by atoms with Gasteiger partial charge in [0.25, 0.3) is 0 Å². The molecule has 0 bridgehead atoms. The van der Waals surface area contributed by atoms with Crippen molar-refractivity contribution in [2.75, 3.05) is 0 Å². The summed E-state index contributed by atoms with van der Waals surface area (Å²) in [6.45, 7) is 16.3. The van der Waals surface area contributed by atoms with Gasteiger partial charge in [-0.2, -0.15) is 0 Å². The minimum Gasteiger partial charge on any atom is -0.508 e. The molecular weight excluding hydrogens is 564 g/mol. The molecule has 246 valence electrons. The summed E-state index contributed by atoms with van der Waals surface area (Å²) in [4.78, 5) is 26.0. The van der Waals surface area contributed by atoms with Crippen LogP contribution < -0.4 is 0 Å². The number of hydrogen-bond acceptors (Lipinski definition) is 5. The highest BCUT2D eigenvalue weighted by atomic mass is 16.6. The molecule has 0 aromatic heterocycles. The molecule has 6 rings (SSSR count). The minimum atomic E-state index is -0.780. The van der Waals surface area contributed by atoms with Crippen molar-refractivity contribution < 1.29 is 29.6 Å². The Bertz CT molecular complexity index is 1420. The van der Waals surface area contributed by atoms with E-state index in [1.165, 1.54) is 11.6 Å². The molecule has 9 atom stereocenters. The molecule has 0 aliphatic heterocycles. The number of phenols is 1. The first kappa shape index (κ1) is 32.3. The molecule has 0 heterocycles. The zero-order valence-electron chi connectivity index (χ0n) is 28.4. The molecule has 6 heteroatoms. The molecule has 4 saturated carbocycles. The van der Waals surface area contributed by atoms with Crippen molar-refractivity contribution in [1.29, 1.82) is 0 Å². The number of fused-ring (bicyclic) bond motifs is 7. The molecule has 3 N–H and O–H groups in total. The number of benzene rings is 1. The van der Waals surface area contributed by atoms with Gasteiger partial charge in [0.1, 0.15) is 11.9 Å². The van der Waals surface area contributed by atoms with Gasteiger partial charge in [0.05, 0.1) is 11.5 Å². The van der Waals surface area contributed by atoms with E-state index in [0.717, 1.165) is 56.9 Å². The van der Waals surface area contributed by atoms with E-state index < -0.39 is 35.0 Å². The van der Waals surface area contributed by atoms with E-state index >= 15 is 0 Å². The number of esters is 1. The zero-order chi connectivity index (χ0) is 32.8. The fourth-order valence-corrected chi connectivity index (χ4v) is 11.9. The van der Waals surface area contributed by atoms with Gasteiger partial charge < -0.3 is 20.1 Å². The second-order valence-corrected chi connectivity index (χ2v) is 17.6. The van der Waals surface area contributed by atoms with Gasteiger partial charge in [0.2, 0.25) is 0 Å². The van der Waals surface area contributed by atoms with Gasteiger partial charge in [-0.15, -0.1) is 0 Å². The first-order valence-electron chi connectivity index (χ1n) is 17.2. The molecular formula is C39H54O6. The zero-order valence-corrected chi connectivity index (χ0v) is 28.4. The van der Waals surface area contributed by atoms with Gasteiger partial charge in [-0.05, 0) is 121 Å². The fourth-order valence-electron chi connectivity index (χ4n) is 11.9. The molecule has 0 saturated heterocycles. The Kier molecular flexibility index (Phi) is 7.51. The van der Waals surface area contributed by atoms with Gasteiger partial charge in [0, 0.05) is 11.5 Å². The number of carbonyl (C=O) groups excluding carboxylic acids is 1. The highest BCUT2D eigenvalue weighted by Crippen LogP contribution is 2.75. The predicted molar refractivity (Wildman–Crippen MR) is 175 cm³/mol. The lowest BCUT2D eigenvalue weighted by molar-refractivity contribution is -0.238. The van der Waals surface area contributed by atoms with Crippen LogP contribution in [0.3, 0.4) is 0 Å². The summed E-state index contributed by atoms with van der Waals surface area (Å²) in [6.07, 6.45) is 12.0. The standard InChI is InChI=1S/C39H54O6/c1-34(2)18-20-39(33(43)44)21-19-37(6)26(27(39)22-34)13-14-30-36(5)23-28(41)32(35(3,4)29(36)16-17-38(30,37)7)45-31(42)15-10-24-8-11-25(40)12-9-24/h8-13,15,27-30,32,40-41H,14,16-23H2,1-7H3,(H,43,44)/b15-10-/t27-,28+,29-,30+,32-,36-,37+,38+,39-/m1/s1. The van der Waals surface area contributed by atoms with Crippen LogP contribution in [0.5, 0.6) is 5.75 Å². The molecule has 5 aliphatic rings. The number of carbonyl (C=O) groups is 2. The van der Waals surface area contributed by atoms with Gasteiger partial charge in [-0.1, -0.05) is 72.2 Å². The Hall–Kier alpha value is -2.60. The first-order chi connectivity index (χ1) is 20.9. The van der Waals surface area contributed by atoms with E-state index in [4.69, 9.17) is 4.74 Å². The molecule has 1 aromatic rings. The molecule has 6 nitrogen and oxygen atoms in total. The van der Waals surface area contributed by atoms with Crippen molar-refractivity contribution in [3.63, 3.8) is 0 Å². The Morgan fingerprint density at radius 1 is 0.889 bits per heavy atom. The van der Waals surface area contributed by atoms with E-state index in [1.807, 2.05) is 0 Å². The summed E-state index contributed by atoms with van der Waals surface area (Å²) in [6, 6.07) is 6.62. The third kappa shape index (κ3) is 4.74. The molecule has 5 aliphatic carbocycles. The lowest BCUT2D eigenvalue weighted by atomic mass is 9.33. The molecule has 1 aromatic carbocycles. The number of allylic oxidation sites excluding steroid dienone is 2. The van der Waals surface area contributed by atoms with Crippen molar-refractivity contribution in [1.82, 2.24) is 0 Å². The van der Waals surface area contributed by atoms with Crippen LogP contribution in [-0.2, 0) is 14.3 Å². The van der Waals surface area contributed by atoms with Crippen LogP contribution in [0.4, 0.5) is 0 Å². The van der Waals surface area contributed by atoms with Crippen LogP contribution >= 0.6 is 0 Å². The number of aromatic hydroxyl groups is 1. The Morgan fingerprint density at radius 3 is 2.22 bits per heavy atom. The van der Waals surface area contributed by atoms with Gasteiger partial charge >= 0.3 is 11.9 Å². The normalized spacial score (nSPS) is 43.2. The highest BCUT2D eigenvalue weighted by Gasteiger charge is 2.70. The molecule has 0 spiro atoms. The lowest BCUT2D eigenvalue weighted by Gasteiger charge is -2.71. The maximum atomic E-state index is 13.0. The molecule has 0 radical (unpaired) electrons. The summed E-state index contributed by atoms with van der Waals surface area (Å²) in [5.74, 6) is -0.230. The van der Waals surface area contributed by atoms with Crippen molar-refractivity contribution in [3.05, 3.63) is 47.6 Å². The third-order valence-corrected chi connectivity index (χ3v) is 14.5. The highest BCUT2D eigenvalue weighted by molar-refractivity contribution is 5.87. The second kappa shape index (κ2) is 10.5. The topological polar surface area (TPSA) is 104 Å². The first-order valence-corrected chi connectivity index (χ1v) is 17.2. The number of aliphatic hydroxyl groups is 1. The summed E-state index contributed by atoms with van der Waals surface area (Å²) in [5.41, 5.74) is 0.991. The molecule has 4 fully saturated rings. The number of ether oxygens (including phenoxy) is 1. The quantitative estimate of drug-likeness (QED) is 0.179. The van der Waals surface area contributed by atoms with E-state index in [9.17, 15) is 24.9 Å². The number of carboxylic acids is 1. The van der Waals surface area contributed by atoms with E-state index in [-0.39, 0.29) is 39.2 Å². The Morgan fingerprint density at radius 2 is 1.56 bits per heavy atom. The average Bonchev–Trinajstić information content (AvgIpc) is 2.94.